The van der Waals surface area contributed by atoms with Crippen LogP contribution in [0.5, 0.6) is 0 Å². The van der Waals surface area contributed by atoms with Gasteiger partial charge in [-0.25, -0.2) is 0 Å². The van der Waals surface area contributed by atoms with Crippen LogP contribution in [-0.4, -0.2) is 61.9 Å². The molecule has 10 heteroatoms. The molecule has 0 spiro atoms. The van der Waals surface area contributed by atoms with Crippen molar-refractivity contribution in [2.75, 3.05) is 25.7 Å². The van der Waals surface area contributed by atoms with Crippen molar-refractivity contribution in [3.05, 3.63) is 0 Å². The first-order valence-corrected chi connectivity index (χ1v) is 9.37. The first-order chi connectivity index (χ1) is 8.60. The Balaban J connectivity index is -0.000000244. The molecule has 0 saturated carbocycles. The second-order valence-corrected chi connectivity index (χ2v) is 7.68. The summed E-state index contributed by atoms with van der Waals surface area (Å²) in [5.41, 5.74) is -0.297. The number of aliphatic hydroxyl groups excluding tert-OH is 2. The highest BCUT2D eigenvalue weighted by molar-refractivity contribution is 7.85. The maximum Gasteiger partial charge on any atom is 0.261 e. The quantitative estimate of drug-likeness (QED) is 0.524. The van der Waals surface area contributed by atoms with Crippen LogP contribution in [0, 0.1) is 11.3 Å². The predicted octanol–water partition coefficient (Wildman–Crippen LogP) is 0.0314. The van der Waals surface area contributed by atoms with Crippen molar-refractivity contribution in [1.29, 1.82) is 0 Å². The van der Waals surface area contributed by atoms with Crippen molar-refractivity contribution >= 4 is 20.2 Å². The van der Waals surface area contributed by atoms with Gasteiger partial charge < -0.3 is 10.2 Å². The van der Waals surface area contributed by atoms with Crippen LogP contribution in [0.25, 0.3) is 0 Å². The van der Waals surface area contributed by atoms with Gasteiger partial charge in [0.15, 0.2) is 0 Å². The van der Waals surface area contributed by atoms with E-state index in [4.69, 9.17) is 19.3 Å². The van der Waals surface area contributed by atoms with Gasteiger partial charge >= 0.3 is 0 Å². The third-order valence-corrected chi connectivity index (χ3v) is 2.52. The normalized spacial score (nSPS) is 13.4. The molecule has 0 aromatic heterocycles. The Morgan fingerprint density at radius 2 is 1.15 bits per heavy atom. The van der Waals surface area contributed by atoms with Crippen molar-refractivity contribution in [3.8, 4) is 0 Å². The minimum Gasteiger partial charge on any atom is -0.396 e. The van der Waals surface area contributed by atoms with E-state index in [-0.39, 0.29) is 18.6 Å². The van der Waals surface area contributed by atoms with Crippen LogP contribution in [0.3, 0.4) is 0 Å². The Kier molecular flexibility index (Phi) is 12.9. The lowest BCUT2D eigenvalue weighted by molar-refractivity contribution is 0.0243. The maximum atomic E-state index is 9.19. The van der Waals surface area contributed by atoms with Crippen LogP contribution >= 0.6 is 0 Å². The van der Waals surface area contributed by atoms with Gasteiger partial charge in [0, 0.05) is 5.41 Å². The highest BCUT2D eigenvalue weighted by atomic mass is 32.2. The number of aliphatic hydroxyl groups is 2. The lowest BCUT2D eigenvalue weighted by atomic mass is 9.78. The van der Waals surface area contributed by atoms with Crippen LogP contribution in [0.15, 0.2) is 0 Å². The summed E-state index contributed by atoms with van der Waals surface area (Å²) in [6, 6.07) is 0. The van der Waals surface area contributed by atoms with E-state index in [9.17, 15) is 16.8 Å². The van der Waals surface area contributed by atoms with E-state index in [0.29, 0.717) is 18.4 Å². The SMILES string of the molecule is CCC(C)C(C)(CO)CO.CS(=O)(=O)O.CS(=O)(=O)O. The molecule has 0 aliphatic carbocycles. The second kappa shape index (κ2) is 10.5. The Hall–Kier alpha value is -0.260. The molecule has 20 heavy (non-hydrogen) atoms. The van der Waals surface area contributed by atoms with Gasteiger partial charge in [0.2, 0.25) is 0 Å². The molecule has 4 N–H and O–H groups in total. The lowest BCUT2D eigenvalue weighted by Crippen LogP contribution is -2.32. The van der Waals surface area contributed by atoms with Crippen LogP contribution in [0.2, 0.25) is 0 Å². The minimum atomic E-state index is -3.67. The van der Waals surface area contributed by atoms with Crippen LogP contribution in [-0.2, 0) is 20.2 Å². The third kappa shape index (κ3) is 26.3. The summed E-state index contributed by atoms with van der Waals surface area (Å²) in [5.74, 6) is 0.377. The molecule has 0 rings (SSSR count). The van der Waals surface area contributed by atoms with Crippen molar-refractivity contribution in [2.24, 2.45) is 11.3 Å². The molecule has 0 amide bonds. The van der Waals surface area contributed by atoms with E-state index >= 15 is 0 Å². The first kappa shape index (κ1) is 24.7. The molecule has 0 aliphatic heterocycles. The molecule has 8 nitrogen and oxygen atoms in total. The minimum absolute atomic E-state index is 0.0680. The molecule has 0 bridgehead atoms. The Labute approximate surface area is 121 Å². The largest absolute Gasteiger partial charge is 0.396 e. The Morgan fingerprint density at radius 1 is 0.950 bits per heavy atom. The molecule has 0 aromatic rings. The summed E-state index contributed by atoms with van der Waals surface area (Å²) >= 11 is 0. The van der Waals surface area contributed by atoms with Gasteiger partial charge in [-0.2, -0.15) is 16.8 Å². The summed E-state index contributed by atoms with van der Waals surface area (Å²) in [5, 5.41) is 17.9. The number of hydrogen-bond acceptors (Lipinski definition) is 6. The molecule has 0 radical (unpaired) electrons. The van der Waals surface area contributed by atoms with Gasteiger partial charge in [-0.1, -0.05) is 27.2 Å². The van der Waals surface area contributed by atoms with E-state index in [0.717, 1.165) is 6.42 Å². The smallest absolute Gasteiger partial charge is 0.261 e. The van der Waals surface area contributed by atoms with Crippen molar-refractivity contribution in [3.63, 3.8) is 0 Å². The highest BCUT2D eigenvalue weighted by Gasteiger charge is 2.28. The average molecular weight is 338 g/mol. The molecule has 0 aliphatic rings. The zero-order chi connectivity index (χ0) is 17.2. The fraction of sp³-hybridized carbons (Fsp3) is 1.00. The van der Waals surface area contributed by atoms with Crippen molar-refractivity contribution in [1.82, 2.24) is 0 Å². The van der Waals surface area contributed by atoms with Crippen molar-refractivity contribution < 1.29 is 36.2 Å². The highest BCUT2D eigenvalue weighted by Crippen LogP contribution is 2.27. The summed E-state index contributed by atoms with van der Waals surface area (Å²) in [7, 11) is -7.33. The van der Waals surface area contributed by atoms with Gasteiger partial charge in [-0.3, -0.25) is 9.11 Å². The van der Waals surface area contributed by atoms with Crippen LogP contribution in [0.4, 0.5) is 0 Å². The summed E-state index contributed by atoms with van der Waals surface area (Å²) in [4.78, 5) is 0. The monoisotopic (exact) mass is 338 g/mol. The molecule has 0 fully saturated rings. The van der Waals surface area contributed by atoms with E-state index in [1.165, 1.54) is 0 Å². The van der Waals surface area contributed by atoms with Gasteiger partial charge in [-0.05, 0) is 5.92 Å². The molecule has 126 valence electrons. The van der Waals surface area contributed by atoms with E-state index < -0.39 is 20.2 Å². The predicted molar refractivity (Wildman–Crippen MR) is 76.7 cm³/mol. The van der Waals surface area contributed by atoms with Crippen molar-refractivity contribution in [2.45, 2.75) is 27.2 Å². The molecular weight excluding hydrogens is 312 g/mol. The van der Waals surface area contributed by atoms with Gasteiger partial charge in [0.25, 0.3) is 20.2 Å². The summed E-state index contributed by atoms with van der Waals surface area (Å²) in [6.07, 6.45) is 2.43. The number of rotatable bonds is 4. The summed E-state index contributed by atoms with van der Waals surface area (Å²) in [6.45, 7) is 6.15. The van der Waals surface area contributed by atoms with Crippen LogP contribution in [0.1, 0.15) is 27.2 Å². The second-order valence-electron chi connectivity index (χ2n) is 4.75. The Morgan fingerprint density at radius 3 is 1.20 bits per heavy atom. The fourth-order valence-corrected chi connectivity index (χ4v) is 0.854. The first-order valence-electron chi connectivity index (χ1n) is 5.67. The van der Waals surface area contributed by atoms with Gasteiger partial charge in [0.05, 0.1) is 25.7 Å². The van der Waals surface area contributed by atoms with E-state index in [1.807, 2.05) is 13.8 Å². The zero-order valence-electron chi connectivity index (χ0n) is 12.4. The lowest BCUT2D eigenvalue weighted by Gasteiger charge is -2.30. The molecule has 0 aromatic carbocycles. The molecule has 1 unspecified atom stereocenters. The topological polar surface area (TPSA) is 149 Å². The fourth-order valence-electron chi connectivity index (χ4n) is 0.854. The molecule has 0 saturated heterocycles. The third-order valence-electron chi connectivity index (χ3n) is 2.52. The van der Waals surface area contributed by atoms with E-state index in [2.05, 4.69) is 6.92 Å². The zero-order valence-corrected chi connectivity index (χ0v) is 14.1. The summed E-state index contributed by atoms with van der Waals surface area (Å²) < 4.78 is 51.7. The molecule has 1 atom stereocenters. The van der Waals surface area contributed by atoms with Gasteiger partial charge in [-0.15, -0.1) is 0 Å². The maximum absolute atomic E-state index is 9.19. The van der Waals surface area contributed by atoms with Crippen LogP contribution < -0.4 is 0 Å². The Bertz CT molecular complexity index is 376. The number of hydrogen-bond donors (Lipinski definition) is 4. The van der Waals surface area contributed by atoms with E-state index in [1.54, 1.807) is 0 Å². The standard InChI is InChI=1S/C8H18O2.2CH4O3S/c1-4-7(2)8(3,5-9)6-10;2*1-5(2,3)4/h7,9-10H,4-6H2,1-3H3;2*1H3,(H,2,3,4). The van der Waals surface area contributed by atoms with Gasteiger partial charge in [0.1, 0.15) is 0 Å². The average Bonchev–Trinajstić information content (AvgIpc) is 2.22. The molecular formula is C10H26O8S2. The molecule has 0 heterocycles.